The lowest BCUT2D eigenvalue weighted by atomic mass is 10.2. The van der Waals surface area contributed by atoms with E-state index < -0.39 is 0 Å². The molecule has 2 heterocycles. The second kappa shape index (κ2) is 5.07. The predicted octanol–water partition coefficient (Wildman–Crippen LogP) is 2.07. The zero-order valence-electron chi connectivity index (χ0n) is 9.88. The van der Waals surface area contributed by atoms with Gasteiger partial charge in [0.15, 0.2) is 5.13 Å². The number of aromatic amines is 1. The van der Waals surface area contributed by atoms with Crippen LogP contribution in [0.3, 0.4) is 0 Å². The van der Waals surface area contributed by atoms with Crippen LogP contribution in [0.15, 0.2) is 36.0 Å². The van der Waals surface area contributed by atoms with Crippen LogP contribution in [-0.4, -0.2) is 27.6 Å². The average Bonchev–Trinajstić information content (AvgIpc) is 3.07. The third kappa shape index (κ3) is 2.71. The van der Waals surface area contributed by atoms with E-state index in [1.807, 2.05) is 23.6 Å². The van der Waals surface area contributed by atoms with Crippen molar-refractivity contribution < 1.29 is 4.79 Å². The van der Waals surface area contributed by atoms with E-state index in [0.717, 1.165) is 21.7 Å². The molecule has 0 unspecified atom stereocenters. The van der Waals surface area contributed by atoms with Crippen molar-refractivity contribution in [2.24, 2.45) is 0 Å². The lowest BCUT2D eigenvalue weighted by Gasteiger charge is -2.05. The fourth-order valence-electron chi connectivity index (χ4n) is 1.69. The molecular weight excluding hydrogens is 262 g/mol. The molecule has 0 bridgehead atoms. The molecule has 0 atom stereocenters. The topological polar surface area (TPSA) is 82.7 Å². The second-order valence-electron chi connectivity index (χ2n) is 3.91. The summed E-state index contributed by atoms with van der Waals surface area (Å²) in [5.41, 5.74) is 1.63. The van der Waals surface area contributed by atoms with E-state index >= 15 is 0 Å². The molecule has 19 heavy (non-hydrogen) atoms. The molecule has 7 heteroatoms. The number of H-pyrrole nitrogens is 1. The number of rotatable bonds is 4. The number of carbonyl (C=O) groups excluding carboxylic acids is 1. The van der Waals surface area contributed by atoms with Crippen LogP contribution in [-0.2, 0) is 4.79 Å². The molecule has 6 nitrogen and oxygen atoms in total. The highest BCUT2D eigenvalue weighted by molar-refractivity contribution is 7.13. The number of hydrogen-bond donors (Lipinski definition) is 3. The fourth-order valence-corrected chi connectivity index (χ4v) is 2.21. The minimum Gasteiger partial charge on any atom is -0.352 e. The van der Waals surface area contributed by atoms with Gasteiger partial charge in [-0.15, -0.1) is 11.3 Å². The Morgan fingerprint density at radius 3 is 3.21 bits per heavy atom. The fraction of sp³-hybridized carbons (Fsp3) is 0.0833. The maximum atomic E-state index is 11.8. The number of nitrogens with one attached hydrogen (secondary N) is 3. The Morgan fingerprint density at radius 1 is 1.42 bits per heavy atom. The standard InChI is InChI=1S/C12H11N5OS/c18-11(7-14-12-13-3-4-19-12)16-9-2-1-8-6-15-17-10(8)5-9/h1-6H,7H2,(H,13,14)(H,15,17)(H,16,18). The number of aromatic nitrogens is 3. The van der Waals surface area contributed by atoms with Gasteiger partial charge in [-0.1, -0.05) is 0 Å². The molecule has 1 aromatic carbocycles. The van der Waals surface area contributed by atoms with E-state index in [-0.39, 0.29) is 12.5 Å². The van der Waals surface area contributed by atoms with Crippen LogP contribution in [0.25, 0.3) is 10.9 Å². The lowest BCUT2D eigenvalue weighted by molar-refractivity contribution is -0.114. The van der Waals surface area contributed by atoms with Crippen LogP contribution < -0.4 is 10.6 Å². The molecule has 0 spiro atoms. The summed E-state index contributed by atoms with van der Waals surface area (Å²) in [6.45, 7) is 0.189. The van der Waals surface area contributed by atoms with Crippen LogP contribution in [0.4, 0.5) is 10.8 Å². The number of benzene rings is 1. The molecule has 0 saturated carbocycles. The van der Waals surface area contributed by atoms with E-state index in [0.29, 0.717) is 0 Å². The Bertz CT molecular complexity index is 691. The maximum Gasteiger partial charge on any atom is 0.243 e. The van der Waals surface area contributed by atoms with Crippen molar-refractivity contribution in [2.45, 2.75) is 0 Å². The highest BCUT2D eigenvalue weighted by Gasteiger charge is 2.04. The molecule has 0 aliphatic carbocycles. The van der Waals surface area contributed by atoms with Crippen LogP contribution in [0, 0.1) is 0 Å². The molecule has 2 aromatic heterocycles. The number of carbonyl (C=O) groups is 1. The van der Waals surface area contributed by atoms with Crippen molar-refractivity contribution in [3.8, 4) is 0 Å². The summed E-state index contributed by atoms with van der Waals surface area (Å²) in [6.07, 6.45) is 3.43. The summed E-state index contributed by atoms with van der Waals surface area (Å²) in [5, 5.41) is 16.2. The summed E-state index contributed by atoms with van der Waals surface area (Å²) in [7, 11) is 0. The first-order valence-corrected chi connectivity index (χ1v) is 6.55. The first-order valence-electron chi connectivity index (χ1n) is 5.67. The Kier molecular flexibility index (Phi) is 3.11. The highest BCUT2D eigenvalue weighted by atomic mass is 32.1. The number of fused-ring (bicyclic) bond motifs is 1. The SMILES string of the molecule is O=C(CNc1nccs1)Nc1ccc2cn[nH]c2c1. The molecule has 1 amide bonds. The van der Waals surface area contributed by atoms with Gasteiger partial charge in [0.25, 0.3) is 0 Å². The molecule has 0 radical (unpaired) electrons. The molecule has 0 saturated heterocycles. The Labute approximate surface area is 112 Å². The normalized spacial score (nSPS) is 10.5. The Morgan fingerprint density at radius 2 is 2.37 bits per heavy atom. The molecule has 3 aromatic rings. The second-order valence-corrected chi connectivity index (χ2v) is 4.81. The number of thiazole rings is 1. The third-order valence-electron chi connectivity index (χ3n) is 2.56. The minimum absolute atomic E-state index is 0.117. The summed E-state index contributed by atoms with van der Waals surface area (Å²) < 4.78 is 0. The molecule has 0 aliphatic rings. The van der Waals surface area contributed by atoms with Crippen LogP contribution in [0.2, 0.25) is 0 Å². The van der Waals surface area contributed by atoms with Gasteiger partial charge in [-0.2, -0.15) is 5.10 Å². The summed E-state index contributed by atoms with van der Waals surface area (Å²) in [6, 6.07) is 5.60. The molecule has 0 fully saturated rings. The smallest absolute Gasteiger partial charge is 0.243 e. The lowest BCUT2D eigenvalue weighted by Crippen LogP contribution is -2.21. The van der Waals surface area contributed by atoms with Crippen molar-refractivity contribution in [2.75, 3.05) is 17.2 Å². The molecule has 3 rings (SSSR count). The zero-order chi connectivity index (χ0) is 13.1. The summed E-state index contributed by atoms with van der Waals surface area (Å²) >= 11 is 1.46. The van der Waals surface area contributed by atoms with Gasteiger partial charge in [-0.05, 0) is 18.2 Å². The van der Waals surface area contributed by atoms with E-state index in [9.17, 15) is 4.79 Å². The van der Waals surface area contributed by atoms with Crippen molar-refractivity contribution in [1.82, 2.24) is 15.2 Å². The Balaban J connectivity index is 1.62. The van der Waals surface area contributed by atoms with Gasteiger partial charge in [-0.3, -0.25) is 9.89 Å². The van der Waals surface area contributed by atoms with Crippen molar-refractivity contribution >= 4 is 39.0 Å². The third-order valence-corrected chi connectivity index (χ3v) is 3.29. The van der Waals surface area contributed by atoms with Gasteiger partial charge >= 0.3 is 0 Å². The van der Waals surface area contributed by atoms with Gasteiger partial charge < -0.3 is 10.6 Å². The first-order chi connectivity index (χ1) is 9.31. The van der Waals surface area contributed by atoms with Crippen LogP contribution >= 0.6 is 11.3 Å². The number of nitrogens with zero attached hydrogens (tertiary/aromatic N) is 2. The molecular formula is C12H11N5OS. The quantitative estimate of drug-likeness (QED) is 0.679. The van der Waals surface area contributed by atoms with Crippen molar-refractivity contribution in [1.29, 1.82) is 0 Å². The van der Waals surface area contributed by atoms with E-state index in [1.165, 1.54) is 11.3 Å². The largest absolute Gasteiger partial charge is 0.352 e. The average molecular weight is 273 g/mol. The van der Waals surface area contributed by atoms with Crippen LogP contribution in [0.1, 0.15) is 0 Å². The van der Waals surface area contributed by atoms with E-state index in [4.69, 9.17) is 0 Å². The van der Waals surface area contributed by atoms with Gasteiger partial charge in [0.1, 0.15) is 0 Å². The van der Waals surface area contributed by atoms with Gasteiger partial charge in [0, 0.05) is 22.7 Å². The van der Waals surface area contributed by atoms with Crippen molar-refractivity contribution in [3.63, 3.8) is 0 Å². The maximum absolute atomic E-state index is 11.8. The summed E-state index contributed by atoms with van der Waals surface area (Å²) in [4.78, 5) is 15.8. The van der Waals surface area contributed by atoms with Crippen molar-refractivity contribution in [3.05, 3.63) is 36.0 Å². The molecule has 3 N–H and O–H groups in total. The van der Waals surface area contributed by atoms with Gasteiger partial charge in [0.2, 0.25) is 5.91 Å². The highest BCUT2D eigenvalue weighted by Crippen LogP contribution is 2.16. The predicted molar refractivity (Wildman–Crippen MR) is 75.3 cm³/mol. The van der Waals surface area contributed by atoms with E-state index in [1.54, 1.807) is 12.4 Å². The molecule has 96 valence electrons. The minimum atomic E-state index is -0.117. The number of hydrogen-bond acceptors (Lipinski definition) is 5. The summed E-state index contributed by atoms with van der Waals surface area (Å²) in [5.74, 6) is -0.117. The van der Waals surface area contributed by atoms with Gasteiger partial charge in [-0.25, -0.2) is 4.98 Å². The zero-order valence-corrected chi connectivity index (χ0v) is 10.7. The number of amides is 1. The molecule has 0 aliphatic heterocycles. The van der Waals surface area contributed by atoms with Crippen LogP contribution in [0.5, 0.6) is 0 Å². The van der Waals surface area contributed by atoms with Gasteiger partial charge in [0.05, 0.1) is 18.3 Å². The monoisotopic (exact) mass is 273 g/mol. The van der Waals surface area contributed by atoms with E-state index in [2.05, 4.69) is 25.8 Å². The number of anilines is 2. The Hall–Kier alpha value is -2.41. The first kappa shape index (κ1) is 11.7.